The molecule has 27 heavy (non-hydrogen) atoms. The smallest absolute Gasteiger partial charge is 0.226 e. The second-order valence-corrected chi connectivity index (χ2v) is 6.72. The van der Waals surface area contributed by atoms with E-state index in [1.807, 2.05) is 43.3 Å². The van der Waals surface area contributed by atoms with Crippen molar-refractivity contribution in [2.45, 2.75) is 19.4 Å². The van der Waals surface area contributed by atoms with Crippen LogP contribution >= 0.6 is 0 Å². The van der Waals surface area contributed by atoms with Gasteiger partial charge in [0, 0.05) is 25.0 Å². The fourth-order valence-electron chi connectivity index (χ4n) is 3.42. The van der Waals surface area contributed by atoms with Crippen LogP contribution in [0, 0.1) is 6.92 Å². The van der Waals surface area contributed by atoms with Crippen LogP contribution in [0.2, 0.25) is 0 Å². The molecule has 0 aliphatic carbocycles. The summed E-state index contributed by atoms with van der Waals surface area (Å²) in [5.74, 6) is 1.64. The zero-order valence-electron chi connectivity index (χ0n) is 15.3. The molecular weight excluding hydrogens is 346 g/mol. The maximum absolute atomic E-state index is 12.5. The van der Waals surface area contributed by atoms with Crippen LogP contribution in [0.5, 0.6) is 0 Å². The molecule has 3 aromatic rings. The van der Waals surface area contributed by atoms with Crippen molar-refractivity contribution in [1.82, 2.24) is 15.4 Å². The van der Waals surface area contributed by atoms with E-state index in [0.717, 1.165) is 30.0 Å². The number of fused-ring (bicyclic) bond motifs is 1. The number of nitrogens with zero attached hydrogens (tertiary/aromatic N) is 2. The van der Waals surface area contributed by atoms with Gasteiger partial charge in [-0.2, -0.15) is 0 Å². The summed E-state index contributed by atoms with van der Waals surface area (Å²) in [6.07, 6.45) is 0.185. The van der Waals surface area contributed by atoms with Crippen LogP contribution in [-0.4, -0.2) is 48.8 Å². The van der Waals surface area contributed by atoms with E-state index in [1.54, 1.807) is 0 Å². The number of carbonyl (C=O) groups is 1. The number of furan rings is 1. The Morgan fingerprint density at radius 1 is 1.22 bits per heavy atom. The van der Waals surface area contributed by atoms with Gasteiger partial charge in [-0.1, -0.05) is 17.3 Å². The van der Waals surface area contributed by atoms with Crippen LogP contribution in [0.4, 0.5) is 0 Å². The standard InChI is InChI=1S/C20H23N3O4/c1-14-6-7-19(26-14)17(23-8-10-25-11-9-23)13-21-20(24)12-16-15-4-2-3-5-18(15)27-22-16/h2-7,17H,8-13H2,1H3,(H,21,24). The quantitative estimate of drug-likeness (QED) is 0.719. The summed E-state index contributed by atoms with van der Waals surface area (Å²) >= 11 is 0. The van der Waals surface area contributed by atoms with Crippen molar-refractivity contribution >= 4 is 16.9 Å². The minimum atomic E-state index is -0.0874. The average molecular weight is 369 g/mol. The van der Waals surface area contributed by atoms with Gasteiger partial charge in [0.05, 0.1) is 25.7 Å². The van der Waals surface area contributed by atoms with Crippen molar-refractivity contribution in [2.24, 2.45) is 0 Å². The Kier molecular flexibility index (Phi) is 5.22. The summed E-state index contributed by atoms with van der Waals surface area (Å²) in [4.78, 5) is 14.8. The molecule has 3 heterocycles. The van der Waals surface area contributed by atoms with Crippen molar-refractivity contribution in [3.8, 4) is 0 Å². The van der Waals surface area contributed by atoms with Crippen molar-refractivity contribution in [1.29, 1.82) is 0 Å². The molecular formula is C20H23N3O4. The molecule has 0 saturated carbocycles. The second-order valence-electron chi connectivity index (χ2n) is 6.72. The number of amides is 1. The monoisotopic (exact) mass is 369 g/mol. The first kappa shape index (κ1) is 17.8. The highest BCUT2D eigenvalue weighted by molar-refractivity contribution is 5.86. The number of aromatic nitrogens is 1. The first-order valence-corrected chi connectivity index (χ1v) is 9.19. The fraction of sp³-hybridized carbons (Fsp3) is 0.400. The number of ether oxygens (including phenoxy) is 1. The zero-order valence-corrected chi connectivity index (χ0v) is 15.3. The molecule has 0 spiro atoms. The molecule has 1 N–H and O–H groups in total. The average Bonchev–Trinajstić information content (AvgIpc) is 3.30. The number of carbonyl (C=O) groups excluding carboxylic acids is 1. The molecule has 1 unspecified atom stereocenters. The predicted molar refractivity (Wildman–Crippen MR) is 99.3 cm³/mol. The van der Waals surface area contributed by atoms with E-state index in [4.69, 9.17) is 13.7 Å². The highest BCUT2D eigenvalue weighted by Gasteiger charge is 2.26. The Bertz CT molecular complexity index is 911. The largest absolute Gasteiger partial charge is 0.465 e. The molecule has 7 nitrogen and oxygen atoms in total. The van der Waals surface area contributed by atoms with Crippen LogP contribution in [0.3, 0.4) is 0 Å². The lowest BCUT2D eigenvalue weighted by atomic mass is 10.1. The van der Waals surface area contributed by atoms with Crippen molar-refractivity contribution in [2.75, 3.05) is 32.8 Å². The molecule has 1 aliphatic rings. The van der Waals surface area contributed by atoms with Gasteiger partial charge in [0.25, 0.3) is 0 Å². The molecule has 7 heteroatoms. The maximum Gasteiger partial charge on any atom is 0.226 e. The first-order valence-electron chi connectivity index (χ1n) is 9.19. The van der Waals surface area contributed by atoms with E-state index >= 15 is 0 Å². The molecule has 142 valence electrons. The summed E-state index contributed by atoms with van der Waals surface area (Å²) in [6, 6.07) is 11.5. The third-order valence-electron chi connectivity index (χ3n) is 4.85. The molecule has 0 radical (unpaired) electrons. The van der Waals surface area contributed by atoms with Gasteiger partial charge >= 0.3 is 0 Å². The lowest BCUT2D eigenvalue weighted by Crippen LogP contribution is -2.44. The lowest BCUT2D eigenvalue weighted by Gasteiger charge is -2.33. The van der Waals surface area contributed by atoms with Crippen molar-refractivity contribution in [3.05, 3.63) is 53.6 Å². The summed E-state index contributed by atoms with van der Waals surface area (Å²) in [6.45, 7) is 5.41. The molecule has 2 aromatic heterocycles. The molecule has 0 bridgehead atoms. The number of hydrogen-bond acceptors (Lipinski definition) is 6. The Balaban J connectivity index is 1.43. The summed E-state index contributed by atoms with van der Waals surface area (Å²) in [5.41, 5.74) is 1.34. The van der Waals surface area contributed by atoms with E-state index in [1.165, 1.54) is 0 Å². The molecule has 1 atom stereocenters. The molecule has 1 amide bonds. The summed E-state index contributed by atoms with van der Waals surface area (Å²) < 4.78 is 16.6. The lowest BCUT2D eigenvalue weighted by molar-refractivity contribution is -0.120. The van der Waals surface area contributed by atoms with Gasteiger partial charge in [0.2, 0.25) is 5.91 Å². The van der Waals surface area contributed by atoms with E-state index in [9.17, 15) is 4.79 Å². The minimum absolute atomic E-state index is 0.0133. The van der Waals surface area contributed by atoms with Gasteiger partial charge in [-0.3, -0.25) is 9.69 Å². The SMILES string of the molecule is Cc1ccc(C(CNC(=O)Cc2noc3ccccc23)N2CCOCC2)o1. The van der Waals surface area contributed by atoms with Gasteiger partial charge in [-0.25, -0.2) is 0 Å². The number of para-hydroxylation sites is 1. The Labute approximate surface area is 157 Å². The molecule has 1 saturated heterocycles. The van der Waals surface area contributed by atoms with Crippen LogP contribution in [-0.2, 0) is 16.0 Å². The predicted octanol–water partition coefficient (Wildman–Crippen LogP) is 2.46. The molecule has 4 rings (SSSR count). The normalized spacial score (nSPS) is 16.5. The van der Waals surface area contributed by atoms with E-state index in [-0.39, 0.29) is 18.4 Å². The highest BCUT2D eigenvalue weighted by atomic mass is 16.5. The molecule has 1 aliphatic heterocycles. The van der Waals surface area contributed by atoms with Crippen LogP contribution < -0.4 is 5.32 Å². The number of benzene rings is 1. The van der Waals surface area contributed by atoms with Gasteiger partial charge in [0.1, 0.15) is 17.2 Å². The number of morpholine rings is 1. The Morgan fingerprint density at radius 3 is 2.81 bits per heavy atom. The van der Waals surface area contributed by atoms with E-state index in [0.29, 0.717) is 31.0 Å². The summed E-state index contributed by atoms with van der Waals surface area (Å²) in [5, 5.41) is 7.93. The maximum atomic E-state index is 12.5. The van der Waals surface area contributed by atoms with Gasteiger partial charge in [-0.05, 0) is 31.2 Å². The Morgan fingerprint density at radius 2 is 2.04 bits per heavy atom. The minimum Gasteiger partial charge on any atom is -0.465 e. The van der Waals surface area contributed by atoms with E-state index < -0.39 is 0 Å². The first-order chi connectivity index (χ1) is 13.2. The van der Waals surface area contributed by atoms with Gasteiger partial charge in [0.15, 0.2) is 5.58 Å². The summed E-state index contributed by atoms with van der Waals surface area (Å²) in [7, 11) is 0. The highest BCUT2D eigenvalue weighted by Crippen LogP contribution is 2.23. The topological polar surface area (TPSA) is 80.7 Å². The molecule has 1 fully saturated rings. The van der Waals surface area contributed by atoms with Crippen molar-refractivity contribution in [3.63, 3.8) is 0 Å². The number of rotatable bonds is 6. The van der Waals surface area contributed by atoms with Crippen LogP contribution in [0.1, 0.15) is 23.3 Å². The van der Waals surface area contributed by atoms with Gasteiger partial charge < -0.3 is 19.0 Å². The fourth-order valence-corrected chi connectivity index (χ4v) is 3.42. The van der Waals surface area contributed by atoms with Crippen LogP contribution in [0.25, 0.3) is 11.0 Å². The number of hydrogen-bond donors (Lipinski definition) is 1. The second kappa shape index (κ2) is 7.94. The number of aryl methyl sites for hydroxylation is 1. The van der Waals surface area contributed by atoms with Gasteiger partial charge in [-0.15, -0.1) is 0 Å². The molecule has 1 aromatic carbocycles. The third-order valence-corrected chi connectivity index (χ3v) is 4.85. The Hall–Kier alpha value is -2.64. The zero-order chi connectivity index (χ0) is 18.6. The van der Waals surface area contributed by atoms with Crippen molar-refractivity contribution < 1.29 is 18.5 Å². The van der Waals surface area contributed by atoms with Crippen LogP contribution in [0.15, 0.2) is 45.3 Å². The third kappa shape index (κ3) is 4.04. The number of nitrogens with one attached hydrogen (secondary N) is 1. The van der Waals surface area contributed by atoms with E-state index in [2.05, 4.69) is 15.4 Å².